The van der Waals surface area contributed by atoms with Crippen molar-refractivity contribution in [2.75, 3.05) is 32.7 Å². The molecule has 3 aliphatic rings. The molecule has 3 rings (SSSR count). The highest BCUT2D eigenvalue weighted by Gasteiger charge is 2.32. The van der Waals surface area contributed by atoms with Gasteiger partial charge in [-0.15, -0.1) is 0 Å². The van der Waals surface area contributed by atoms with Gasteiger partial charge >= 0.3 is 0 Å². The predicted octanol–water partition coefficient (Wildman–Crippen LogP) is 2.10. The van der Waals surface area contributed by atoms with Crippen LogP contribution in [0.25, 0.3) is 0 Å². The van der Waals surface area contributed by atoms with Crippen molar-refractivity contribution in [1.82, 2.24) is 15.1 Å². The van der Waals surface area contributed by atoms with Gasteiger partial charge in [0.25, 0.3) is 0 Å². The van der Waals surface area contributed by atoms with Gasteiger partial charge in [0, 0.05) is 44.2 Å². The third-order valence-corrected chi connectivity index (χ3v) is 5.82. The molecule has 1 saturated heterocycles. The monoisotopic (exact) mass is 307 g/mol. The summed E-state index contributed by atoms with van der Waals surface area (Å²) in [5.41, 5.74) is 0. The summed E-state index contributed by atoms with van der Waals surface area (Å²) in [6.45, 7) is 9.64. The summed E-state index contributed by atoms with van der Waals surface area (Å²) in [5, 5.41) is 3.71. The van der Waals surface area contributed by atoms with Crippen LogP contribution in [0.3, 0.4) is 0 Å². The summed E-state index contributed by atoms with van der Waals surface area (Å²) < 4.78 is 0. The molecule has 3 fully saturated rings. The largest absolute Gasteiger partial charge is 0.340 e. The average Bonchev–Trinajstić information content (AvgIpc) is 3.37. The van der Waals surface area contributed by atoms with Crippen molar-refractivity contribution in [3.05, 3.63) is 0 Å². The minimum Gasteiger partial charge on any atom is -0.340 e. The number of nitrogens with zero attached hydrogens (tertiary/aromatic N) is 2. The number of hydrogen-bond acceptors (Lipinski definition) is 3. The summed E-state index contributed by atoms with van der Waals surface area (Å²) in [4.78, 5) is 17.3. The van der Waals surface area contributed by atoms with Crippen LogP contribution in [0.15, 0.2) is 0 Å². The molecule has 1 aliphatic heterocycles. The standard InChI is InChI=1S/C18H33N3O/c1-14(2)20-9-11-21(12-10-20)18(22)16-5-7-17(8-6-16)19-13-15-3-4-15/h14-17,19H,3-13H2,1-2H3. The molecule has 0 aromatic rings. The minimum absolute atomic E-state index is 0.296. The molecule has 4 nitrogen and oxygen atoms in total. The van der Waals surface area contributed by atoms with Crippen molar-refractivity contribution < 1.29 is 4.79 Å². The van der Waals surface area contributed by atoms with Crippen molar-refractivity contribution in [3.8, 4) is 0 Å². The van der Waals surface area contributed by atoms with Gasteiger partial charge in [-0.25, -0.2) is 0 Å². The van der Waals surface area contributed by atoms with Gasteiger partial charge in [0.05, 0.1) is 0 Å². The minimum atomic E-state index is 0.296. The highest BCUT2D eigenvalue weighted by atomic mass is 16.2. The fourth-order valence-corrected chi connectivity index (χ4v) is 3.92. The zero-order valence-electron chi connectivity index (χ0n) is 14.4. The van der Waals surface area contributed by atoms with E-state index in [-0.39, 0.29) is 0 Å². The van der Waals surface area contributed by atoms with Crippen LogP contribution in [0.4, 0.5) is 0 Å². The molecule has 0 bridgehead atoms. The predicted molar refractivity (Wildman–Crippen MR) is 89.8 cm³/mol. The number of amides is 1. The highest BCUT2D eigenvalue weighted by molar-refractivity contribution is 5.79. The van der Waals surface area contributed by atoms with Crippen molar-refractivity contribution in [2.24, 2.45) is 11.8 Å². The first kappa shape index (κ1) is 16.3. The van der Waals surface area contributed by atoms with Crippen LogP contribution in [0.2, 0.25) is 0 Å². The third kappa shape index (κ3) is 4.23. The summed E-state index contributed by atoms with van der Waals surface area (Å²) >= 11 is 0. The van der Waals surface area contributed by atoms with Gasteiger partial charge in [-0.1, -0.05) is 0 Å². The molecule has 22 heavy (non-hydrogen) atoms. The first-order valence-corrected chi connectivity index (χ1v) is 9.39. The zero-order chi connectivity index (χ0) is 15.5. The van der Waals surface area contributed by atoms with Crippen LogP contribution in [0.5, 0.6) is 0 Å². The molecule has 0 radical (unpaired) electrons. The number of hydrogen-bond donors (Lipinski definition) is 1. The van der Waals surface area contributed by atoms with Crippen molar-refractivity contribution in [3.63, 3.8) is 0 Å². The molecule has 0 aromatic carbocycles. The van der Waals surface area contributed by atoms with E-state index in [1.807, 2.05) is 0 Å². The van der Waals surface area contributed by atoms with Crippen molar-refractivity contribution in [1.29, 1.82) is 0 Å². The Bertz CT molecular complexity index is 365. The Kier molecular flexibility index (Phi) is 5.40. The van der Waals surface area contributed by atoms with Gasteiger partial charge in [0.15, 0.2) is 0 Å². The molecule has 0 spiro atoms. The molecular formula is C18H33N3O. The Balaban J connectivity index is 1.38. The number of piperazine rings is 1. The lowest BCUT2D eigenvalue weighted by atomic mass is 9.85. The van der Waals surface area contributed by atoms with E-state index in [0.717, 1.165) is 44.9 Å². The Morgan fingerprint density at radius 1 is 1.00 bits per heavy atom. The van der Waals surface area contributed by atoms with Crippen LogP contribution in [0, 0.1) is 11.8 Å². The van der Waals surface area contributed by atoms with E-state index in [1.54, 1.807) is 0 Å². The zero-order valence-corrected chi connectivity index (χ0v) is 14.4. The van der Waals surface area contributed by atoms with Gasteiger partial charge in [-0.2, -0.15) is 0 Å². The van der Waals surface area contributed by atoms with Gasteiger partial charge in [0.1, 0.15) is 0 Å². The van der Waals surface area contributed by atoms with Crippen molar-refractivity contribution in [2.45, 2.75) is 64.5 Å². The van der Waals surface area contributed by atoms with Crippen LogP contribution in [-0.2, 0) is 4.79 Å². The molecule has 4 heteroatoms. The van der Waals surface area contributed by atoms with Crippen molar-refractivity contribution >= 4 is 5.91 Å². The summed E-state index contributed by atoms with van der Waals surface area (Å²) in [5.74, 6) is 1.69. The molecule has 126 valence electrons. The Hall–Kier alpha value is -0.610. The third-order valence-electron chi connectivity index (χ3n) is 5.82. The smallest absolute Gasteiger partial charge is 0.225 e. The fraction of sp³-hybridized carbons (Fsp3) is 0.944. The number of carbonyl (C=O) groups is 1. The summed E-state index contributed by atoms with van der Waals surface area (Å²) in [6, 6.07) is 1.27. The average molecular weight is 307 g/mol. The molecule has 2 aliphatic carbocycles. The maximum absolute atomic E-state index is 12.7. The molecule has 2 saturated carbocycles. The number of carbonyl (C=O) groups excluding carboxylic acids is 1. The maximum atomic E-state index is 12.7. The molecular weight excluding hydrogens is 274 g/mol. The van der Waals surface area contributed by atoms with E-state index >= 15 is 0 Å². The van der Waals surface area contributed by atoms with Gasteiger partial charge in [-0.3, -0.25) is 9.69 Å². The second kappa shape index (κ2) is 7.31. The summed E-state index contributed by atoms with van der Waals surface area (Å²) in [7, 11) is 0. The molecule has 0 unspecified atom stereocenters. The van der Waals surface area contributed by atoms with Crippen LogP contribution >= 0.6 is 0 Å². The SMILES string of the molecule is CC(C)N1CCN(C(=O)C2CCC(NCC3CC3)CC2)CC1. The first-order valence-electron chi connectivity index (χ1n) is 9.39. The Morgan fingerprint density at radius 2 is 1.64 bits per heavy atom. The second-order valence-corrected chi connectivity index (χ2v) is 7.86. The Morgan fingerprint density at radius 3 is 2.18 bits per heavy atom. The van der Waals surface area contributed by atoms with E-state index in [2.05, 4.69) is 29.0 Å². The lowest BCUT2D eigenvalue weighted by Crippen LogP contribution is -2.52. The van der Waals surface area contributed by atoms with Crippen LogP contribution in [-0.4, -0.2) is 60.5 Å². The lowest BCUT2D eigenvalue weighted by molar-refractivity contribution is -0.138. The molecule has 1 heterocycles. The molecule has 1 amide bonds. The van der Waals surface area contributed by atoms with Gasteiger partial charge in [-0.05, 0) is 64.8 Å². The summed E-state index contributed by atoms with van der Waals surface area (Å²) in [6.07, 6.45) is 7.40. The molecule has 0 aromatic heterocycles. The van der Waals surface area contributed by atoms with E-state index < -0.39 is 0 Å². The quantitative estimate of drug-likeness (QED) is 0.845. The van der Waals surface area contributed by atoms with E-state index in [1.165, 1.54) is 32.2 Å². The Labute approximate surface area is 135 Å². The molecule has 1 N–H and O–H groups in total. The number of rotatable bonds is 5. The van der Waals surface area contributed by atoms with Crippen LogP contribution < -0.4 is 5.32 Å². The topological polar surface area (TPSA) is 35.6 Å². The van der Waals surface area contributed by atoms with E-state index in [0.29, 0.717) is 23.9 Å². The maximum Gasteiger partial charge on any atom is 0.225 e. The van der Waals surface area contributed by atoms with Gasteiger partial charge < -0.3 is 10.2 Å². The second-order valence-electron chi connectivity index (χ2n) is 7.86. The first-order chi connectivity index (χ1) is 10.6. The highest BCUT2D eigenvalue weighted by Crippen LogP contribution is 2.30. The van der Waals surface area contributed by atoms with E-state index in [9.17, 15) is 4.79 Å². The van der Waals surface area contributed by atoms with Gasteiger partial charge in [0.2, 0.25) is 5.91 Å². The normalized spacial score (nSPS) is 30.8. The van der Waals surface area contributed by atoms with E-state index in [4.69, 9.17) is 0 Å². The fourth-order valence-electron chi connectivity index (χ4n) is 3.92. The number of nitrogens with one attached hydrogen (secondary N) is 1. The molecule has 0 atom stereocenters. The van der Waals surface area contributed by atoms with Crippen LogP contribution in [0.1, 0.15) is 52.4 Å². The lowest BCUT2D eigenvalue weighted by Gasteiger charge is -2.39.